The molecule has 0 amide bonds. The van der Waals surface area contributed by atoms with E-state index in [1.165, 1.54) is 28.8 Å². The van der Waals surface area contributed by atoms with Gasteiger partial charge in [0.2, 0.25) is 0 Å². The lowest BCUT2D eigenvalue weighted by Gasteiger charge is -2.18. The van der Waals surface area contributed by atoms with Crippen molar-refractivity contribution in [1.29, 1.82) is 0 Å². The van der Waals surface area contributed by atoms with Crippen molar-refractivity contribution in [2.24, 2.45) is 5.84 Å². The third-order valence-corrected chi connectivity index (χ3v) is 4.43. The zero-order valence-electron chi connectivity index (χ0n) is 12.3. The molecule has 0 aliphatic carbocycles. The van der Waals surface area contributed by atoms with Crippen LogP contribution in [-0.4, -0.2) is 6.04 Å². The Bertz CT molecular complexity index is 628. The van der Waals surface area contributed by atoms with E-state index in [1.54, 1.807) is 6.07 Å². The Morgan fingerprint density at radius 2 is 1.81 bits per heavy atom. The van der Waals surface area contributed by atoms with E-state index in [-0.39, 0.29) is 11.9 Å². The van der Waals surface area contributed by atoms with E-state index in [0.29, 0.717) is 0 Å². The Balaban J connectivity index is 2.14. The zero-order chi connectivity index (χ0) is 15.4. The average Bonchev–Trinajstić information content (AvgIpc) is 2.44. The molecule has 0 aliphatic rings. The van der Waals surface area contributed by atoms with Gasteiger partial charge in [-0.15, -0.1) is 0 Å². The summed E-state index contributed by atoms with van der Waals surface area (Å²) in [5.74, 6) is 5.46. The van der Waals surface area contributed by atoms with Crippen LogP contribution in [0, 0.1) is 19.7 Å². The summed E-state index contributed by atoms with van der Waals surface area (Å²) in [5, 5.41) is 0. The minimum Gasteiger partial charge on any atom is -0.271 e. The summed E-state index contributed by atoms with van der Waals surface area (Å²) < 4.78 is 13.9. The monoisotopic (exact) mass is 350 g/mol. The van der Waals surface area contributed by atoms with Crippen LogP contribution in [0.2, 0.25) is 0 Å². The van der Waals surface area contributed by atoms with E-state index in [1.807, 2.05) is 0 Å². The van der Waals surface area contributed by atoms with Crippen molar-refractivity contribution in [3.05, 3.63) is 68.9 Å². The summed E-state index contributed by atoms with van der Waals surface area (Å²) in [6.07, 6.45) is 1.58. The maximum absolute atomic E-state index is 13.1. The molecule has 112 valence electrons. The van der Waals surface area contributed by atoms with Gasteiger partial charge in [-0.2, -0.15) is 0 Å². The summed E-state index contributed by atoms with van der Waals surface area (Å²) in [6, 6.07) is 11.3. The highest BCUT2D eigenvalue weighted by molar-refractivity contribution is 9.10. The molecular weight excluding hydrogens is 331 g/mol. The Morgan fingerprint density at radius 3 is 2.48 bits per heavy atom. The fourth-order valence-electron chi connectivity index (χ4n) is 2.43. The molecule has 0 aromatic heterocycles. The molecule has 0 saturated heterocycles. The maximum Gasteiger partial charge on any atom is 0.124 e. The molecule has 4 heteroatoms. The molecule has 0 bridgehead atoms. The van der Waals surface area contributed by atoms with Crippen molar-refractivity contribution >= 4 is 15.9 Å². The molecule has 0 aliphatic heterocycles. The lowest BCUT2D eigenvalue weighted by atomic mass is 9.95. The highest BCUT2D eigenvalue weighted by atomic mass is 79.9. The summed E-state index contributed by atoms with van der Waals surface area (Å²) in [7, 11) is 0. The molecule has 0 heterocycles. The SMILES string of the molecule is Cc1ccc(C)c(CC(Cc2ccc(F)cc2Br)NN)c1. The first kappa shape index (κ1) is 16.1. The largest absolute Gasteiger partial charge is 0.271 e. The Hall–Kier alpha value is -1.23. The minimum absolute atomic E-state index is 0.104. The number of nitrogens with two attached hydrogens (primary N) is 1. The topological polar surface area (TPSA) is 38.0 Å². The minimum atomic E-state index is -0.239. The summed E-state index contributed by atoms with van der Waals surface area (Å²) in [6.45, 7) is 4.19. The normalized spacial score (nSPS) is 12.4. The number of halogens is 2. The van der Waals surface area contributed by atoms with E-state index in [2.05, 4.69) is 53.4 Å². The van der Waals surface area contributed by atoms with E-state index >= 15 is 0 Å². The van der Waals surface area contributed by atoms with E-state index in [0.717, 1.165) is 22.9 Å². The van der Waals surface area contributed by atoms with Crippen LogP contribution >= 0.6 is 15.9 Å². The first-order chi connectivity index (χ1) is 9.99. The van der Waals surface area contributed by atoms with Gasteiger partial charge in [-0.05, 0) is 55.5 Å². The van der Waals surface area contributed by atoms with Crippen LogP contribution < -0.4 is 11.3 Å². The molecule has 2 nitrogen and oxygen atoms in total. The number of rotatable bonds is 5. The van der Waals surface area contributed by atoms with Crippen LogP contribution in [0.3, 0.4) is 0 Å². The molecule has 0 spiro atoms. The van der Waals surface area contributed by atoms with Gasteiger partial charge in [-0.1, -0.05) is 45.8 Å². The second-order valence-corrected chi connectivity index (χ2v) is 6.29. The van der Waals surface area contributed by atoms with E-state index < -0.39 is 0 Å². The zero-order valence-corrected chi connectivity index (χ0v) is 13.9. The lowest BCUT2D eigenvalue weighted by Crippen LogP contribution is -2.38. The summed E-state index contributed by atoms with van der Waals surface area (Å²) in [4.78, 5) is 0. The van der Waals surface area contributed by atoms with Gasteiger partial charge in [-0.3, -0.25) is 11.3 Å². The van der Waals surface area contributed by atoms with Crippen molar-refractivity contribution in [2.45, 2.75) is 32.7 Å². The molecule has 2 aromatic rings. The predicted octanol–water partition coefficient (Wildman–Crippen LogP) is 3.82. The van der Waals surface area contributed by atoms with Gasteiger partial charge >= 0.3 is 0 Å². The van der Waals surface area contributed by atoms with Crippen LogP contribution in [0.5, 0.6) is 0 Å². The number of hydrogen-bond acceptors (Lipinski definition) is 2. The van der Waals surface area contributed by atoms with Gasteiger partial charge < -0.3 is 0 Å². The Morgan fingerprint density at radius 1 is 1.10 bits per heavy atom. The molecule has 1 atom stereocenters. The first-order valence-corrected chi connectivity index (χ1v) is 7.75. The molecule has 1 unspecified atom stereocenters. The van der Waals surface area contributed by atoms with Gasteiger partial charge in [0.1, 0.15) is 5.82 Å². The third-order valence-electron chi connectivity index (χ3n) is 3.69. The molecule has 0 radical (unpaired) electrons. The smallest absolute Gasteiger partial charge is 0.124 e. The van der Waals surface area contributed by atoms with Crippen LogP contribution in [0.4, 0.5) is 4.39 Å². The summed E-state index contributed by atoms with van der Waals surface area (Å²) >= 11 is 3.41. The average molecular weight is 351 g/mol. The highest BCUT2D eigenvalue weighted by Gasteiger charge is 2.13. The Kier molecular flexibility index (Phi) is 5.51. The standard InChI is InChI=1S/C17H20BrFN2/c1-11-3-4-12(2)14(7-11)9-16(21-20)8-13-5-6-15(19)10-17(13)18/h3-7,10,16,21H,8-9,20H2,1-2H3. The number of hydrazine groups is 1. The molecular formula is C17H20BrFN2. The van der Waals surface area contributed by atoms with Gasteiger partial charge in [0.15, 0.2) is 0 Å². The van der Waals surface area contributed by atoms with Crippen LogP contribution in [0.25, 0.3) is 0 Å². The van der Waals surface area contributed by atoms with Crippen molar-refractivity contribution in [2.75, 3.05) is 0 Å². The first-order valence-electron chi connectivity index (χ1n) is 6.95. The van der Waals surface area contributed by atoms with E-state index in [9.17, 15) is 4.39 Å². The number of nitrogens with one attached hydrogen (secondary N) is 1. The number of aryl methyl sites for hydroxylation is 2. The molecule has 21 heavy (non-hydrogen) atoms. The van der Waals surface area contributed by atoms with Crippen molar-refractivity contribution in [3.8, 4) is 0 Å². The number of hydrogen-bond donors (Lipinski definition) is 2. The lowest BCUT2D eigenvalue weighted by molar-refractivity contribution is 0.520. The second kappa shape index (κ2) is 7.16. The molecule has 2 rings (SSSR count). The maximum atomic E-state index is 13.1. The van der Waals surface area contributed by atoms with Crippen molar-refractivity contribution in [1.82, 2.24) is 5.43 Å². The van der Waals surface area contributed by atoms with Crippen LogP contribution in [0.15, 0.2) is 40.9 Å². The van der Waals surface area contributed by atoms with E-state index in [4.69, 9.17) is 5.84 Å². The third kappa shape index (κ3) is 4.37. The molecule has 2 aromatic carbocycles. The van der Waals surface area contributed by atoms with Crippen LogP contribution in [-0.2, 0) is 12.8 Å². The molecule has 3 N–H and O–H groups in total. The predicted molar refractivity (Wildman–Crippen MR) is 88.5 cm³/mol. The van der Waals surface area contributed by atoms with Crippen molar-refractivity contribution in [3.63, 3.8) is 0 Å². The Labute approximate surface area is 133 Å². The van der Waals surface area contributed by atoms with Crippen LogP contribution in [0.1, 0.15) is 22.3 Å². The van der Waals surface area contributed by atoms with Gasteiger partial charge in [0, 0.05) is 10.5 Å². The summed E-state index contributed by atoms with van der Waals surface area (Å²) in [5.41, 5.74) is 7.71. The van der Waals surface area contributed by atoms with Gasteiger partial charge in [-0.25, -0.2) is 4.39 Å². The molecule has 0 fully saturated rings. The molecule has 0 saturated carbocycles. The number of benzene rings is 2. The highest BCUT2D eigenvalue weighted by Crippen LogP contribution is 2.21. The van der Waals surface area contributed by atoms with Gasteiger partial charge in [0.05, 0.1) is 0 Å². The fourth-order valence-corrected chi connectivity index (χ4v) is 2.94. The quantitative estimate of drug-likeness (QED) is 0.635. The van der Waals surface area contributed by atoms with Crippen molar-refractivity contribution < 1.29 is 4.39 Å². The second-order valence-electron chi connectivity index (χ2n) is 5.44. The fraction of sp³-hybridized carbons (Fsp3) is 0.294. The van der Waals surface area contributed by atoms with Gasteiger partial charge in [0.25, 0.3) is 0 Å².